The third-order valence-electron chi connectivity index (χ3n) is 5.03. The van der Waals surface area contributed by atoms with Crippen LogP contribution in [0.2, 0.25) is 0 Å². The molecule has 1 saturated heterocycles. The van der Waals surface area contributed by atoms with Crippen molar-refractivity contribution in [2.45, 2.75) is 26.7 Å². The van der Waals surface area contributed by atoms with E-state index < -0.39 is 0 Å². The minimum atomic E-state index is 0. The van der Waals surface area contributed by atoms with Crippen LogP contribution >= 0.6 is 24.0 Å². The van der Waals surface area contributed by atoms with E-state index in [1.807, 2.05) is 0 Å². The van der Waals surface area contributed by atoms with E-state index in [9.17, 15) is 0 Å². The van der Waals surface area contributed by atoms with Crippen molar-refractivity contribution in [2.24, 2.45) is 4.99 Å². The molecule has 3 rings (SSSR count). The molecule has 28 heavy (non-hydrogen) atoms. The lowest BCUT2D eigenvalue weighted by atomic mass is 10.1. The maximum Gasteiger partial charge on any atom is 0.191 e. The van der Waals surface area contributed by atoms with Gasteiger partial charge in [-0.25, -0.2) is 0 Å². The third kappa shape index (κ3) is 6.63. The largest absolute Gasteiger partial charge is 0.379 e. The molecular formula is C21H34IN5O. The Morgan fingerprint density at radius 1 is 1.25 bits per heavy atom. The van der Waals surface area contributed by atoms with Crippen molar-refractivity contribution in [1.82, 2.24) is 20.5 Å². The highest BCUT2D eigenvalue weighted by molar-refractivity contribution is 14.0. The smallest absolute Gasteiger partial charge is 0.191 e. The van der Waals surface area contributed by atoms with E-state index >= 15 is 0 Å². The Kier molecular flexibility index (Phi) is 10.1. The zero-order valence-corrected chi connectivity index (χ0v) is 19.4. The molecule has 0 spiro atoms. The highest BCUT2D eigenvalue weighted by Crippen LogP contribution is 2.22. The number of aromatic nitrogens is 1. The second kappa shape index (κ2) is 12.3. The summed E-state index contributed by atoms with van der Waals surface area (Å²) < 4.78 is 5.39. The predicted octanol–water partition coefficient (Wildman–Crippen LogP) is 2.91. The van der Waals surface area contributed by atoms with Gasteiger partial charge in [0.1, 0.15) is 0 Å². The van der Waals surface area contributed by atoms with E-state index in [0.29, 0.717) is 0 Å². The fraction of sp³-hybridized carbons (Fsp3) is 0.571. The molecule has 1 fully saturated rings. The first-order valence-corrected chi connectivity index (χ1v) is 10.2. The number of aromatic amines is 1. The SMILES string of the molecule is CCNC(=NCCCN1CCOCC1)NCCc1c[nH]c2cccc(C)c12.I. The van der Waals surface area contributed by atoms with Gasteiger partial charge >= 0.3 is 0 Å². The van der Waals surface area contributed by atoms with Crippen molar-refractivity contribution in [3.05, 3.63) is 35.5 Å². The molecule has 1 aromatic carbocycles. The first-order valence-electron chi connectivity index (χ1n) is 10.2. The number of nitrogens with one attached hydrogen (secondary N) is 3. The number of fused-ring (bicyclic) bond motifs is 1. The molecule has 0 aliphatic carbocycles. The molecule has 1 aliphatic heterocycles. The number of ether oxygens (including phenoxy) is 1. The van der Waals surface area contributed by atoms with Crippen molar-refractivity contribution < 1.29 is 4.74 Å². The summed E-state index contributed by atoms with van der Waals surface area (Å²) in [6.07, 6.45) is 4.19. The molecule has 1 aliphatic rings. The summed E-state index contributed by atoms with van der Waals surface area (Å²) in [5, 5.41) is 8.17. The molecule has 156 valence electrons. The molecule has 0 saturated carbocycles. The third-order valence-corrected chi connectivity index (χ3v) is 5.03. The number of aliphatic imine (C=N–C) groups is 1. The maximum absolute atomic E-state index is 5.39. The lowest BCUT2D eigenvalue weighted by Crippen LogP contribution is -2.39. The van der Waals surface area contributed by atoms with Gasteiger partial charge in [0.15, 0.2) is 5.96 Å². The van der Waals surface area contributed by atoms with Gasteiger partial charge < -0.3 is 20.4 Å². The first-order chi connectivity index (χ1) is 13.3. The second-order valence-corrected chi connectivity index (χ2v) is 7.06. The van der Waals surface area contributed by atoms with Crippen LogP contribution in [-0.4, -0.2) is 68.3 Å². The standard InChI is InChI=1S/C21H33N5O.HI/c1-3-22-21(23-9-5-11-26-12-14-27-15-13-26)24-10-8-18-16-25-19-7-4-6-17(2)20(18)19;/h4,6-7,16,25H,3,5,8-15H2,1-2H3,(H2,22,23,24);1H. The molecule has 6 nitrogen and oxygen atoms in total. The van der Waals surface area contributed by atoms with Gasteiger partial charge in [0.25, 0.3) is 0 Å². The highest BCUT2D eigenvalue weighted by Gasteiger charge is 2.09. The highest BCUT2D eigenvalue weighted by atomic mass is 127. The van der Waals surface area contributed by atoms with Gasteiger partial charge in [-0.2, -0.15) is 0 Å². The summed E-state index contributed by atoms with van der Waals surface area (Å²) in [6, 6.07) is 6.41. The van der Waals surface area contributed by atoms with Gasteiger partial charge in [0, 0.05) is 56.4 Å². The van der Waals surface area contributed by atoms with E-state index in [1.165, 1.54) is 22.0 Å². The number of guanidine groups is 1. The topological polar surface area (TPSA) is 64.7 Å². The zero-order chi connectivity index (χ0) is 18.9. The maximum atomic E-state index is 5.39. The minimum absolute atomic E-state index is 0. The van der Waals surface area contributed by atoms with Crippen LogP contribution in [0, 0.1) is 6.92 Å². The van der Waals surface area contributed by atoms with E-state index in [4.69, 9.17) is 9.73 Å². The van der Waals surface area contributed by atoms with E-state index in [0.717, 1.165) is 71.3 Å². The number of rotatable bonds is 8. The fourth-order valence-electron chi connectivity index (χ4n) is 3.62. The van der Waals surface area contributed by atoms with Gasteiger partial charge in [-0.3, -0.25) is 9.89 Å². The van der Waals surface area contributed by atoms with Crippen LogP contribution < -0.4 is 10.6 Å². The molecule has 3 N–H and O–H groups in total. The number of morpholine rings is 1. The molecule has 2 aromatic rings. The molecule has 0 amide bonds. The van der Waals surface area contributed by atoms with E-state index in [-0.39, 0.29) is 24.0 Å². The number of nitrogens with zero attached hydrogens (tertiary/aromatic N) is 2. The summed E-state index contributed by atoms with van der Waals surface area (Å²) in [5.41, 5.74) is 3.90. The quantitative estimate of drug-likeness (QED) is 0.226. The van der Waals surface area contributed by atoms with Crippen molar-refractivity contribution in [2.75, 3.05) is 52.5 Å². The van der Waals surface area contributed by atoms with Gasteiger partial charge in [0.2, 0.25) is 0 Å². The van der Waals surface area contributed by atoms with Crippen LogP contribution in [0.3, 0.4) is 0 Å². The van der Waals surface area contributed by atoms with Gasteiger partial charge in [0.05, 0.1) is 13.2 Å². The average molecular weight is 499 g/mol. The molecular weight excluding hydrogens is 465 g/mol. The van der Waals surface area contributed by atoms with E-state index in [1.54, 1.807) is 0 Å². The summed E-state index contributed by atoms with van der Waals surface area (Å²) in [4.78, 5) is 10.6. The molecule has 2 heterocycles. The van der Waals surface area contributed by atoms with Gasteiger partial charge in [-0.1, -0.05) is 12.1 Å². The minimum Gasteiger partial charge on any atom is -0.379 e. The summed E-state index contributed by atoms with van der Waals surface area (Å²) >= 11 is 0. The van der Waals surface area contributed by atoms with Crippen molar-refractivity contribution >= 4 is 40.8 Å². The van der Waals surface area contributed by atoms with Gasteiger partial charge in [-0.15, -0.1) is 24.0 Å². The number of hydrogen-bond acceptors (Lipinski definition) is 3. The van der Waals surface area contributed by atoms with Crippen LogP contribution in [0.4, 0.5) is 0 Å². The normalized spacial score (nSPS) is 15.4. The summed E-state index contributed by atoms with van der Waals surface area (Å²) in [5.74, 6) is 0.913. The Hall–Kier alpha value is -1.32. The molecule has 0 atom stereocenters. The van der Waals surface area contributed by atoms with Crippen LogP contribution in [0.25, 0.3) is 10.9 Å². The second-order valence-electron chi connectivity index (χ2n) is 7.06. The monoisotopic (exact) mass is 499 g/mol. The van der Waals surface area contributed by atoms with Crippen LogP contribution in [0.1, 0.15) is 24.5 Å². The van der Waals surface area contributed by atoms with E-state index in [2.05, 4.69) is 58.8 Å². The zero-order valence-electron chi connectivity index (χ0n) is 17.1. The predicted molar refractivity (Wildman–Crippen MR) is 128 cm³/mol. The van der Waals surface area contributed by atoms with Crippen LogP contribution in [0.5, 0.6) is 0 Å². The number of aryl methyl sites for hydroxylation is 1. The van der Waals surface area contributed by atoms with Crippen LogP contribution in [0.15, 0.2) is 29.4 Å². The number of hydrogen-bond donors (Lipinski definition) is 3. The Morgan fingerprint density at radius 2 is 2.07 bits per heavy atom. The van der Waals surface area contributed by atoms with Crippen molar-refractivity contribution in [3.8, 4) is 0 Å². The number of H-pyrrole nitrogens is 1. The summed E-state index contributed by atoms with van der Waals surface area (Å²) in [6.45, 7) is 11.8. The number of benzene rings is 1. The van der Waals surface area contributed by atoms with Crippen molar-refractivity contribution in [3.63, 3.8) is 0 Å². The molecule has 0 radical (unpaired) electrons. The van der Waals surface area contributed by atoms with Crippen molar-refractivity contribution in [1.29, 1.82) is 0 Å². The molecule has 0 unspecified atom stereocenters. The first kappa shape index (κ1) is 23.0. The lowest BCUT2D eigenvalue weighted by Gasteiger charge is -2.26. The average Bonchev–Trinajstić information content (AvgIpc) is 3.10. The molecule has 0 bridgehead atoms. The fourth-order valence-corrected chi connectivity index (χ4v) is 3.62. The van der Waals surface area contributed by atoms with Crippen LogP contribution in [-0.2, 0) is 11.2 Å². The van der Waals surface area contributed by atoms with Gasteiger partial charge in [-0.05, 0) is 43.9 Å². The lowest BCUT2D eigenvalue weighted by molar-refractivity contribution is 0.0377. The Bertz CT molecular complexity index is 739. The molecule has 7 heteroatoms. The Balaban J connectivity index is 0.00000280. The Labute approximate surface area is 185 Å². The molecule has 1 aromatic heterocycles. The Morgan fingerprint density at radius 3 is 2.86 bits per heavy atom. The number of halogens is 1. The summed E-state index contributed by atoms with van der Waals surface area (Å²) in [7, 11) is 0.